The number of benzene rings is 1. The lowest BCUT2D eigenvalue weighted by molar-refractivity contribution is 1.10. The van der Waals surface area contributed by atoms with E-state index in [0.717, 1.165) is 37.3 Å². The third-order valence-corrected chi connectivity index (χ3v) is 4.53. The molecule has 96 valence electrons. The molecule has 0 aliphatic heterocycles. The molecule has 0 fully saturated rings. The molecule has 0 radical (unpaired) electrons. The number of nitrogens with two attached hydrogens (primary N) is 1. The second-order valence-electron chi connectivity index (χ2n) is 4.25. The number of nitrogens with zero attached hydrogens (tertiary/aromatic N) is 3. The summed E-state index contributed by atoms with van der Waals surface area (Å²) in [6.45, 7) is 3.89. The van der Waals surface area contributed by atoms with Crippen molar-refractivity contribution in [1.82, 2.24) is 14.3 Å². The van der Waals surface area contributed by atoms with Crippen LogP contribution in [-0.2, 0) is 0 Å². The van der Waals surface area contributed by atoms with Crippen LogP contribution in [0.25, 0.3) is 10.9 Å². The fourth-order valence-corrected chi connectivity index (χ4v) is 3.66. The van der Waals surface area contributed by atoms with Crippen LogP contribution in [0.2, 0.25) is 0 Å². The molecule has 6 heteroatoms. The smallest absolute Gasteiger partial charge is 0.174 e. The molecular weight excluding hydrogens is 276 g/mol. The fraction of sp³-hybridized carbons (Fsp3) is 0.154. The van der Waals surface area contributed by atoms with Crippen LogP contribution in [0.15, 0.2) is 33.5 Å². The minimum atomic E-state index is 0.744. The largest absolute Gasteiger partial charge is 0.399 e. The number of aryl methyl sites for hydroxylation is 2. The molecule has 0 atom stereocenters. The van der Waals surface area contributed by atoms with Gasteiger partial charge >= 0.3 is 0 Å². The summed E-state index contributed by atoms with van der Waals surface area (Å²) in [7, 11) is 0. The maximum Gasteiger partial charge on any atom is 0.174 e. The van der Waals surface area contributed by atoms with Gasteiger partial charge in [-0.3, -0.25) is 4.98 Å². The molecular formula is C13H12N4S2. The van der Waals surface area contributed by atoms with Crippen LogP contribution < -0.4 is 5.73 Å². The lowest BCUT2D eigenvalue weighted by atomic mass is 10.2. The number of aromatic nitrogens is 3. The van der Waals surface area contributed by atoms with E-state index in [2.05, 4.69) is 20.4 Å². The third-order valence-electron chi connectivity index (χ3n) is 2.63. The fourth-order valence-electron chi connectivity index (χ4n) is 1.84. The van der Waals surface area contributed by atoms with Crippen LogP contribution in [0, 0.1) is 13.8 Å². The number of hydrogen-bond acceptors (Lipinski definition) is 6. The predicted octanol–water partition coefficient (Wildman–Crippen LogP) is 3.44. The molecule has 0 spiro atoms. The van der Waals surface area contributed by atoms with Gasteiger partial charge in [-0.1, -0.05) is 11.8 Å². The number of pyridine rings is 1. The Balaban J connectivity index is 2.13. The summed E-state index contributed by atoms with van der Waals surface area (Å²) in [4.78, 5) is 10.0. The van der Waals surface area contributed by atoms with Crippen molar-refractivity contribution in [2.24, 2.45) is 0 Å². The first-order valence-corrected chi connectivity index (χ1v) is 7.36. The molecule has 0 bridgehead atoms. The molecule has 0 saturated heterocycles. The van der Waals surface area contributed by atoms with Crippen molar-refractivity contribution in [3.05, 3.63) is 35.8 Å². The Hall–Kier alpha value is -1.66. The van der Waals surface area contributed by atoms with Crippen LogP contribution in [0.4, 0.5) is 5.69 Å². The van der Waals surface area contributed by atoms with Gasteiger partial charge in [0.25, 0.3) is 0 Å². The van der Waals surface area contributed by atoms with Crippen LogP contribution in [0.3, 0.4) is 0 Å². The normalized spacial score (nSPS) is 11.1. The summed E-state index contributed by atoms with van der Waals surface area (Å²) in [5.74, 6) is 0.807. The number of nitrogen functional groups attached to an aromatic ring is 1. The first-order chi connectivity index (χ1) is 9.11. The third kappa shape index (κ3) is 2.54. The topological polar surface area (TPSA) is 64.7 Å². The van der Waals surface area contributed by atoms with Crippen molar-refractivity contribution >= 4 is 39.9 Å². The molecule has 0 unspecified atom stereocenters. The Labute approximate surface area is 119 Å². The Bertz CT molecular complexity index is 751. The zero-order valence-corrected chi connectivity index (χ0v) is 12.2. The first-order valence-electron chi connectivity index (χ1n) is 5.77. The minimum Gasteiger partial charge on any atom is -0.399 e. The van der Waals surface area contributed by atoms with Crippen molar-refractivity contribution in [3.63, 3.8) is 0 Å². The highest BCUT2D eigenvalue weighted by atomic mass is 32.2. The molecule has 4 nitrogen and oxygen atoms in total. The van der Waals surface area contributed by atoms with Crippen molar-refractivity contribution in [2.75, 3.05) is 5.73 Å². The van der Waals surface area contributed by atoms with Gasteiger partial charge in [0, 0.05) is 21.7 Å². The van der Waals surface area contributed by atoms with Crippen LogP contribution in [-0.4, -0.2) is 14.3 Å². The Kier molecular flexibility index (Phi) is 3.12. The van der Waals surface area contributed by atoms with E-state index >= 15 is 0 Å². The van der Waals surface area contributed by atoms with Gasteiger partial charge in [0.05, 0.1) is 5.52 Å². The van der Waals surface area contributed by atoms with Gasteiger partial charge in [0.1, 0.15) is 5.82 Å². The van der Waals surface area contributed by atoms with Gasteiger partial charge in [-0.25, -0.2) is 4.98 Å². The zero-order chi connectivity index (χ0) is 13.4. The second-order valence-corrected chi connectivity index (χ2v) is 6.29. The average Bonchev–Trinajstić information content (AvgIpc) is 2.76. The number of fused-ring (bicyclic) bond motifs is 1. The number of rotatable bonds is 2. The first kappa shape index (κ1) is 12.4. The molecule has 0 aliphatic carbocycles. The van der Waals surface area contributed by atoms with Crippen LogP contribution in [0.5, 0.6) is 0 Å². The monoisotopic (exact) mass is 288 g/mol. The summed E-state index contributed by atoms with van der Waals surface area (Å²) >= 11 is 3.02. The van der Waals surface area contributed by atoms with E-state index in [9.17, 15) is 0 Å². The van der Waals surface area contributed by atoms with E-state index in [1.807, 2.05) is 32.0 Å². The summed E-state index contributed by atoms with van der Waals surface area (Å²) in [5.41, 5.74) is 8.55. The van der Waals surface area contributed by atoms with E-state index in [1.165, 1.54) is 11.5 Å². The summed E-state index contributed by atoms with van der Waals surface area (Å²) < 4.78 is 5.14. The van der Waals surface area contributed by atoms with E-state index < -0.39 is 0 Å². The van der Waals surface area contributed by atoms with E-state index in [4.69, 9.17) is 5.73 Å². The van der Waals surface area contributed by atoms with E-state index in [-0.39, 0.29) is 0 Å². The van der Waals surface area contributed by atoms with E-state index in [0.29, 0.717) is 0 Å². The van der Waals surface area contributed by atoms with Crippen molar-refractivity contribution < 1.29 is 0 Å². The van der Waals surface area contributed by atoms with Gasteiger partial charge in [0.2, 0.25) is 0 Å². The maximum atomic E-state index is 5.87. The number of hydrogen-bond donors (Lipinski definition) is 1. The Morgan fingerprint density at radius 2 is 2.00 bits per heavy atom. The Morgan fingerprint density at radius 1 is 1.16 bits per heavy atom. The molecule has 1 aromatic carbocycles. The highest BCUT2D eigenvalue weighted by Gasteiger charge is 2.09. The molecule has 3 rings (SSSR count). The maximum absolute atomic E-state index is 5.87. The lowest BCUT2D eigenvalue weighted by Crippen LogP contribution is -1.90. The van der Waals surface area contributed by atoms with Gasteiger partial charge in [-0.2, -0.15) is 4.37 Å². The predicted molar refractivity (Wildman–Crippen MR) is 79.7 cm³/mol. The van der Waals surface area contributed by atoms with Gasteiger partial charge in [0.15, 0.2) is 4.34 Å². The molecule has 0 saturated carbocycles. The Morgan fingerprint density at radius 3 is 2.74 bits per heavy atom. The second kappa shape index (κ2) is 4.79. The van der Waals surface area contributed by atoms with E-state index in [1.54, 1.807) is 11.8 Å². The van der Waals surface area contributed by atoms with Gasteiger partial charge < -0.3 is 5.73 Å². The molecule has 0 aliphatic rings. The van der Waals surface area contributed by atoms with Crippen molar-refractivity contribution in [3.8, 4) is 0 Å². The minimum absolute atomic E-state index is 0.744. The highest BCUT2D eigenvalue weighted by molar-refractivity contribution is 8.01. The van der Waals surface area contributed by atoms with Gasteiger partial charge in [-0.05, 0) is 49.6 Å². The molecule has 0 amide bonds. The molecule has 2 N–H and O–H groups in total. The number of anilines is 1. The van der Waals surface area contributed by atoms with Crippen molar-refractivity contribution in [1.29, 1.82) is 0 Å². The quantitative estimate of drug-likeness (QED) is 0.732. The summed E-state index contributed by atoms with van der Waals surface area (Å²) in [5, 5.41) is 1.06. The summed E-state index contributed by atoms with van der Waals surface area (Å²) in [6, 6.07) is 7.84. The standard InChI is InChI=1S/C13H12N4S2/c1-7-5-12(18-13-16-8(2)17-19-13)10-6-9(14)3-4-11(10)15-7/h3-6H,14H2,1-2H3. The van der Waals surface area contributed by atoms with Crippen molar-refractivity contribution in [2.45, 2.75) is 23.1 Å². The van der Waals surface area contributed by atoms with Gasteiger partial charge in [-0.15, -0.1) is 0 Å². The average molecular weight is 288 g/mol. The molecule has 19 heavy (non-hydrogen) atoms. The molecule has 2 aromatic heterocycles. The van der Waals surface area contributed by atoms with Crippen LogP contribution in [0.1, 0.15) is 11.5 Å². The SMILES string of the molecule is Cc1cc(Sc2nc(C)ns2)c2cc(N)ccc2n1. The van der Waals surface area contributed by atoms with Crippen LogP contribution >= 0.6 is 23.3 Å². The highest BCUT2D eigenvalue weighted by Crippen LogP contribution is 2.35. The molecule has 3 aromatic rings. The molecule has 2 heterocycles. The zero-order valence-electron chi connectivity index (χ0n) is 10.5. The lowest BCUT2D eigenvalue weighted by Gasteiger charge is -2.06. The summed E-state index contributed by atoms with van der Waals surface area (Å²) in [6.07, 6.45) is 0.